The fourth-order valence-electron chi connectivity index (χ4n) is 2.55. The van der Waals surface area contributed by atoms with Gasteiger partial charge >= 0.3 is 0 Å². The summed E-state index contributed by atoms with van der Waals surface area (Å²) in [6, 6.07) is 6.37. The van der Waals surface area contributed by atoms with Crippen LogP contribution in [0.15, 0.2) is 34.2 Å². The van der Waals surface area contributed by atoms with Crippen molar-refractivity contribution in [3.8, 4) is 0 Å². The standard InChI is InChI=1S/C15H18BrN3S/c16-13-8-14(20-11-13)10-17-9-12-4-3-5-18-15(12)19-6-1-2-7-19/h3-5,8,11,17H,1-2,6-7,9-10H2. The smallest absolute Gasteiger partial charge is 0.133 e. The van der Waals surface area contributed by atoms with Crippen LogP contribution in [0.25, 0.3) is 0 Å². The highest BCUT2D eigenvalue weighted by Crippen LogP contribution is 2.22. The number of thiophene rings is 1. The molecule has 2 aromatic heterocycles. The Morgan fingerprint density at radius 3 is 2.90 bits per heavy atom. The summed E-state index contributed by atoms with van der Waals surface area (Å²) in [5.41, 5.74) is 1.30. The van der Waals surface area contributed by atoms with E-state index in [2.05, 4.69) is 48.6 Å². The van der Waals surface area contributed by atoms with Crippen molar-refractivity contribution in [2.45, 2.75) is 25.9 Å². The maximum Gasteiger partial charge on any atom is 0.133 e. The van der Waals surface area contributed by atoms with Crippen molar-refractivity contribution in [3.05, 3.63) is 44.7 Å². The molecule has 1 fully saturated rings. The second-order valence-corrected chi connectivity index (χ2v) is 6.93. The Labute approximate surface area is 132 Å². The first kappa shape index (κ1) is 14.0. The number of nitrogens with zero attached hydrogens (tertiary/aromatic N) is 2. The molecule has 3 heterocycles. The zero-order valence-corrected chi connectivity index (χ0v) is 13.7. The molecule has 20 heavy (non-hydrogen) atoms. The molecule has 0 amide bonds. The van der Waals surface area contributed by atoms with Crippen LogP contribution in [0.5, 0.6) is 0 Å². The molecule has 3 nitrogen and oxygen atoms in total. The van der Waals surface area contributed by atoms with Crippen LogP contribution in [0, 0.1) is 0 Å². The predicted octanol–water partition coefficient (Wildman–Crippen LogP) is 3.80. The van der Waals surface area contributed by atoms with E-state index in [1.165, 1.54) is 27.8 Å². The van der Waals surface area contributed by atoms with Gasteiger partial charge in [0.1, 0.15) is 5.82 Å². The molecule has 0 aromatic carbocycles. The lowest BCUT2D eigenvalue weighted by molar-refractivity contribution is 0.695. The minimum Gasteiger partial charge on any atom is -0.356 e. The molecule has 1 saturated heterocycles. The van der Waals surface area contributed by atoms with E-state index in [1.54, 1.807) is 11.3 Å². The van der Waals surface area contributed by atoms with Gasteiger partial charge in [-0.25, -0.2) is 4.98 Å². The molecule has 1 aliphatic heterocycles. The van der Waals surface area contributed by atoms with Gasteiger partial charge in [-0.05, 0) is 40.9 Å². The van der Waals surface area contributed by atoms with Gasteiger partial charge in [0.25, 0.3) is 0 Å². The topological polar surface area (TPSA) is 28.2 Å². The molecule has 1 aliphatic rings. The van der Waals surface area contributed by atoms with Gasteiger partial charge in [0, 0.05) is 52.7 Å². The summed E-state index contributed by atoms with van der Waals surface area (Å²) in [5, 5.41) is 5.64. The number of aromatic nitrogens is 1. The SMILES string of the molecule is Brc1csc(CNCc2cccnc2N2CCCC2)c1. The highest BCUT2D eigenvalue weighted by molar-refractivity contribution is 9.10. The Kier molecular flexibility index (Phi) is 4.70. The number of pyridine rings is 1. The molecule has 0 unspecified atom stereocenters. The van der Waals surface area contributed by atoms with Crippen LogP contribution in [0.2, 0.25) is 0 Å². The number of hydrogen-bond donors (Lipinski definition) is 1. The molecule has 0 aliphatic carbocycles. The summed E-state index contributed by atoms with van der Waals surface area (Å²) < 4.78 is 1.17. The van der Waals surface area contributed by atoms with Crippen molar-refractivity contribution in [1.82, 2.24) is 10.3 Å². The Bertz CT molecular complexity index is 564. The lowest BCUT2D eigenvalue weighted by Gasteiger charge is -2.19. The van der Waals surface area contributed by atoms with Gasteiger partial charge in [0.2, 0.25) is 0 Å². The van der Waals surface area contributed by atoms with Gasteiger partial charge in [-0.1, -0.05) is 6.07 Å². The molecule has 0 atom stereocenters. The number of hydrogen-bond acceptors (Lipinski definition) is 4. The average Bonchev–Trinajstić information content (AvgIpc) is 3.11. The number of nitrogens with one attached hydrogen (secondary N) is 1. The Balaban J connectivity index is 1.62. The molecular weight excluding hydrogens is 334 g/mol. The van der Waals surface area contributed by atoms with Crippen LogP contribution in [0.1, 0.15) is 23.3 Å². The maximum absolute atomic E-state index is 4.57. The van der Waals surface area contributed by atoms with E-state index in [-0.39, 0.29) is 0 Å². The molecule has 0 radical (unpaired) electrons. The van der Waals surface area contributed by atoms with Crippen LogP contribution >= 0.6 is 27.3 Å². The normalized spacial score (nSPS) is 14.9. The van der Waals surface area contributed by atoms with Crippen molar-refractivity contribution >= 4 is 33.1 Å². The van der Waals surface area contributed by atoms with Gasteiger partial charge < -0.3 is 10.2 Å². The zero-order valence-electron chi connectivity index (χ0n) is 11.3. The third-order valence-electron chi connectivity index (χ3n) is 3.51. The average molecular weight is 352 g/mol. The lowest BCUT2D eigenvalue weighted by atomic mass is 10.2. The van der Waals surface area contributed by atoms with E-state index in [0.29, 0.717) is 0 Å². The van der Waals surface area contributed by atoms with E-state index in [1.807, 2.05) is 12.3 Å². The van der Waals surface area contributed by atoms with Gasteiger partial charge in [0.05, 0.1) is 0 Å². The summed E-state index contributed by atoms with van der Waals surface area (Å²) >= 11 is 5.27. The molecule has 0 bridgehead atoms. The van der Waals surface area contributed by atoms with E-state index < -0.39 is 0 Å². The van der Waals surface area contributed by atoms with E-state index in [0.717, 1.165) is 32.0 Å². The largest absolute Gasteiger partial charge is 0.356 e. The number of rotatable bonds is 5. The van der Waals surface area contributed by atoms with Crippen LogP contribution in [0.3, 0.4) is 0 Å². The summed E-state index contributed by atoms with van der Waals surface area (Å²) in [6.07, 6.45) is 4.47. The van der Waals surface area contributed by atoms with Crippen molar-refractivity contribution < 1.29 is 0 Å². The molecule has 0 spiro atoms. The van der Waals surface area contributed by atoms with Crippen molar-refractivity contribution in [3.63, 3.8) is 0 Å². The van der Waals surface area contributed by atoms with Crippen molar-refractivity contribution in [2.75, 3.05) is 18.0 Å². The third-order valence-corrected chi connectivity index (χ3v) is 5.21. The summed E-state index contributed by atoms with van der Waals surface area (Å²) in [7, 11) is 0. The first-order chi connectivity index (χ1) is 9.83. The summed E-state index contributed by atoms with van der Waals surface area (Å²) in [5.74, 6) is 1.16. The molecule has 0 saturated carbocycles. The highest BCUT2D eigenvalue weighted by Gasteiger charge is 2.16. The fourth-order valence-corrected chi connectivity index (χ4v) is 3.97. The minimum atomic E-state index is 0.870. The zero-order chi connectivity index (χ0) is 13.8. The number of halogens is 1. The lowest BCUT2D eigenvalue weighted by Crippen LogP contribution is -2.22. The van der Waals surface area contributed by atoms with Gasteiger partial charge in [0.15, 0.2) is 0 Å². The Hall–Kier alpha value is -0.910. The molecule has 3 rings (SSSR count). The predicted molar refractivity (Wildman–Crippen MR) is 88.2 cm³/mol. The first-order valence-electron chi connectivity index (χ1n) is 6.95. The van der Waals surface area contributed by atoms with Crippen LogP contribution in [0.4, 0.5) is 5.82 Å². The third kappa shape index (κ3) is 3.40. The summed E-state index contributed by atoms with van der Waals surface area (Å²) in [6.45, 7) is 4.06. The summed E-state index contributed by atoms with van der Waals surface area (Å²) in [4.78, 5) is 8.32. The molecule has 5 heteroatoms. The van der Waals surface area contributed by atoms with E-state index >= 15 is 0 Å². The van der Waals surface area contributed by atoms with Crippen LogP contribution < -0.4 is 10.2 Å². The quantitative estimate of drug-likeness (QED) is 0.887. The van der Waals surface area contributed by atoms with Gasteiger partial charge in [-0.3, -0.25) is 0 Å². The van der Waals surface area contributed by atoms with E-state index in [4.69, 9.17) is 0 Å². The maximum atomic E-state index is 4.57. The first-order valence-corrected chi connectivity index (χ1v) is 8.62. The van der Waals surface area contributed by atoms with Crippen molar-refractivity contribution in [2.24, 2.45) is 0 Å². The molecule has 1 N–H and O–H groups in total. The second kappa shape index (κ2) is 6.70. The highest BCUT2D eigenvalue weighted by atomic mass is 79.9. The number of anilines is 1. The second-order valence-electron chi connectivity index (χ2n) is 5.02. The Morgan fingerprint density at radius 2 is 2.15 bits per heavy atom. The monoisotopic (exact) mass is 351 g/mol. The minimum absolute atomic E-state index is 0.870. The van der Waals surface area contributed by atoms with Gasteiger partial charge in [-0.15, -0.1) is 11.3 Å². The van der Waals surface area contributed by atoms with Gasteiger partial charge in [-0.2, -0.15) is 0 Å². The van der Waals surface area contributed by atoms with Crippen molar-refractivity contribution in [1.29, 1.82) is 0 Å². The van der Waals surface area contributed by atoms with Crippen LogP contribution in [-0.4, -0.2) is 18.1 Å². The molecular formula is C15H18BrN3S. The molecule has 106 valence electrons. The Morgan fingerprint density at radius 1 is 1.30 bits per heavy atom. The fraction of sp³-hybridized carbons (Fsp3) is 0.400. The van der Waals surface area contributed by atoms with E-state index in [9.17, 15) is 0 Å². The van der Waals surface area contributed by atoms with Crippen LogP contribution in [-0.2, 0) is 13.1 Å². The molecule has 2 aromatic rings.